The summed E-state index contributed by atoms with van der Waals surface area (Å²) in [5.74, 6) is 0. The molecule has 2 aromatic rings. The monoisotopic (exact) mass is 509 g/mol. The second kappa shape index (κ2) is 11.8. The maximum absolute atomic E-state index is 3.44. The van der Waals surface area contributed by atoms with Gasteiger partial charge < -0.3 is 29.8 Å². The van der Waals surface area contributed by atoms with Crippen LogP contribution in [0.2, 0.25) is 13.1 Å². The Morgan fingerprint density at radius 3 is 1.89 bits per heavy atom. The predicted octanol–water partition coefficient (Wildman–Crippen LogP) is -1.94. The smallest absolute Gasteiger partial charge is 1.00 e. The molecule has 0 amide bonds. The summed E-state index contributed by atoms with van der Waals surface area (Å²) in [6.07, 6.45) is 11.0. The van der Waals surface area contributed by atoms with Gasteiger partial charge in [0.15, 0.2) is 0 Å². The summed E-state index contributed by atoms with van der Waals surface area (Å²) in [6.45, 7) is 18.0. The Balaban J connectivity index is 0. The fourth-order valence-corrected chi connectivity index (χ4v) is 3.67. The van der Waals surface area contributed by atoms with E-state index in [0.717, 1.165) is 0 Å². The van der Waals surface area contributed by atoms with Crippen LogP contribution < -0.4 is 35.3 Å². The standard InChI is InChI=1S/C12H20N.C11H11Si.2ClH.Zr/c1-11(2,3)9-7-13-8-10(9)12(4,5)6;1-12(2)11-7-9-5-3-4-6-10(9)8-11;;;/h7,13H,1-6H3;3-7H,1-2H3;2*1H;/q2*-1;;;+4/p-2. The number of rotatable bonds is 0. The Bertz CT molecular complexity index is 830. The van der Waals surface area contributed by atoms with Gasteiger partial charge >= 0.3 is 26.2 Å². The molecule has 5 heteroatoms. The maximum Gasteiger partial charge on any atom is 4.00 e. The van der Waals surface area contributed by atoms with Crippen LogP contribution in [-0.2, 0) is 37.0 Å². The van der Waals surface area contributed by atoms with E-state index in [4.69, 9.17) is 0 Å². The van der Waals surface area contributed by atoms with Crippen LogP contribution in [0.15, 0.2) is 30.5 Å². The summed E-state index contributed by atoms with van der Waals surface area (Å²) in [6, 6.07) is 8.43. The van der Waals surface area contributed by atoms with E-state index in [2.05, 4.69) is 108 Å². The number of nitrogens with one attached hydrogen (secondary N) is 1. The van der Waals surface area contributed by atoms with E-state index in [-0.39, 0.29) is 70.3 Å². The third kappa shape index (κ3) is 7.90. The molecule has 28 heavy (non-hydrogen) atoms. The van der Waals surface area contributed by atoms with Crippen LogP contribution in [0.1, 0.15) is 52.7 Å². The molecule has 0 aliphatic heterocycles. The number of hydrogen-bond donors (Lipinski definition) is 1. The SMILES string of the molecule is CC(C)(C)c1[c-][nH]cc1C(C)(C)C.C[Si](C)=C1[C-]=c2ccccc2=C1.[Cl-].[Cl-].[Zr+4]. The molecule has 0 fully saturated rings. The van der Waals surface area contributed by atoms with E-state index >= 15 is 0 Å². The van der Waals surface area contributed by atoms with Gasteiger partial charge in [0.2, 0.25) is 0 Å². The van der Waals surface area contributed by atoms with Gasteiger partial charge in [-0.3, -0.25) is 0 Å². The predicted molar refractivity (Wildman–Crippen MR) is 113 cm³/mol. The zero-order valence-electron chi connectivity index (χ0n) is 18.2. The molecule has 0 spiro atoms. The van der Waals surface area contributed by atoms with Gasteiger partial charge in [-0.1, -0.05) is 66.1 Å². The van der Waals surface area contributed by atoms with Crippen molar-refractivity contribution in [3.63, 3.8) is 0 Å². The van der Waals surface area contributed by atoms with Crippen LogP contribution >= 0.6 is 0 Å². The maximum atomic E-state index is 3.44. The third-order valence-electron chi connectivity index (χ3n) is 4.31. The molecule has 1 aromatic heterocycles. The Morgan fingerprint density at radius 2 is 1.46 bits per heavy atom. The zero-order chi connectivity index (χ0) is 18.8. The van der Waals surface area contributed by atoms with E-state index in [9.17, 15) is 0 Å². The van der Waals surface area contributed by atoms with Crippen molar-refractivity contribution in [3.8, 4) is 0 Å². The Kier molecular flexibility index (Phi) is 12.7. The summed E-state index contributed by atoms with van der Waals surface area (Å²) in [5.41, 5.74) is 3.07. The molecule has 1 heterocycles. The minimum absolute atomic E-state index is 0. The first kappa shape index (κ1) is 30.0. The fourth-order valence-electron chi connectivity index (χ4n) is 2.85. The van der Waals surface area contributed by atoms with Gasteiger partial charge in [-0.25, -0.2) is 0 Å². The third-order valence-corrected chi connectivity index (χ3v) is 5.66. The first-order valence-electron chi connectivity index (χ1n) is 8.98. The number of H-pyrrole nitrogens is 1. The summed E-state index contributed by atoms with van der Waals surface area (Å²) in [5, 5.41) is 4.01. The number of fused-ring (bicyclic) bond motifs is 1. The van der Waals surface area contributed by atoms with Crippen LogP contribution in [0.25, 0.3) is 12.2 Å². The van der Waals surface area contributed by atoms with E-state index in [0.29, 0.717) is 0 Å². The van der Waals surface area contributed by atoms with Gasteiger partial charge in [0.1, 0.15) is 0 Å². The van der Waals surface area contributed by atoms with Gasteiger partial charge in [-0.15, -0.1) is 52.6 Å². The van der Waals surface area contributed by atoms with Gasteiger partial charge in [0.25, 0.3) is 0 Å². The molecule has 3 rings (SSSR count). The van der Waals surface area contributed by atoms with Gasteiger partial charge in [-0.05, 0) is 13.8 Å². The van der Waals surface area contributed by atoms with Gasteiger partial charge in [-0.2, -0.15) is 16.9 Å². The van der Waals surface area contributed by atoms with E-state index in [1.807, 2.05) is 0 Å². The Morgan fingerprint density at radius 1 is 0.893 bits per heavy atom. The van der Waals surface area contributed by atoms with Crippen LogP contribution in [0.5, 0.6) is 0 Å². The first-order valence-corrected chi connectivity index (χ1v) is 11.5. The fraction of sp³-hybridized carbons (Fsp3) is 0.435. The number of aromatic nitrogens is 1. The van der Waals surface area contributed by atoms with Crippen molar-refractivity contribution >= 4 is 25.7 Å². The molecule has 150 valence electrons. The van der Waals surface area contributed by atoms with Crippen molar-refractivity contribution in [1.82, 2.24) is 4.98 Å². The second-order valence-electron chi connectivity index (χ2n) is 8.97. The molecule has 1 aromatic carbocycles. The molecular formula is C23H31Cl2NSiZr. The molecule has 1 nitrogen and oxygen atoms in total. The van der Waals surface area contributed by atoms with Crippen molar-refractivity contribution in [1.29, 1.82) is 0 Å². The first-order chi connectivity index (χ1) is 11.5. The molecule has 0 bridgehead atoms. The summed E-state index contributed by atoms with van der Waals surface area (Å²) >= 11 is 0. The molecular weight excluding hydrogens is 480 g/mol. The average molecular weight is 512 g/mol. The molecule has 0 radical (unpaired) electrons. The van der Waals surface area contributed by atoms with Crippen LogP contribution in [0, 0.1) is 6.20 Å². The number of aromatic amines is 1. The molecule has 0 saturated heterocycles. The minimum atomic E-state index is -0.329. The van der Waals surface area contributed by atoms with Crippen molar-refractivity contribution < 1.29 is 51.0 Å². The Hall–Kier alpha value is -0.210. The van der Waals surface area contributed by atoms with Crippen molar-refractivity contribution in [2.45, 2.75) is 65.5 Å². The minimum Gasteiger partial charge on any atom is -1.00 e. The quantitative estimate of drug-likeness (QED) is 0.313. The van der Waals surface area contributed by atoms with Crippen molar-refractivity contribution in [3.05, 3.63) is 58.2 Å². The van der Waals surface area contributed by atoms with Gasteiger partial charge in [0.05, 0.1) is 0 Å². The van der Waals surface area contributed by atoms with Crippen molar-refractivity contribution in [2.24, 2.45) is 0 Å². The number of halogens is 2. The summed E-state index contributed by atoms with van der Waals surface area (Å²) < 4.78 is 0. The zero-order valence-corrected chi connectivity index (χ0v) is 23.2. The number of hydrogen-bond acceptors (Lipinski definition) is 0. The van der Waals surface area contributed by atoms with E-state index in [1.165, 1.54) is 26.7 Å². The van der Waals surface area contributed by atoms with Crippen molar-refractivity contribution in [2.75, 3.05) is 0 Å². The second-order valence-corrected chi connectivity index (χ2v) is 11.5. The normalized spacial score (nSPS) is 11.9. The molecule has 0 atom stereocenters. The molecule has 1 aliphatic carbocycles. The van der Waals surface area contributed by atoms with E-state index < -0.39 is 0 Å². The van der Waals surface area contributed by atoms with E-state index in [1.54, 1.807) is 0 Å². The van der Waals surface area contributed by atoms with Gasteiger partial charge in [0, 0.05) is 0 Å². The van der Waals surface area contributed by atoms with Crippen LogP contribution in [0.3, 0.4) is 0 Å². The largest absolute Gasteiger partial charge is 4.00 e. The average Bonchev–Trinajstić information content (AvgIpc) is 3.14. The molecule has 0 unspecified atom stereocenters. The molecule has 1 aliphatic rings. The summed E-state index contributed by atoms with van der Waals surface area (Å²) in [4.78, 5) is 3.09. The van der Waals surface area contributed by atoms with Crippen LogP contribution in [0.4, 0.5) is 0 Å². The molecule has 0 saturated carbocycles. The summed E-state index contributed by atoms with van der Waals surface area (Å²) in [7, 11) is -0.329. The number of benzene rings is 1. The topological polar surface area (TPSA) is 15.8 Å². The Labute approximate surface area is 204 Å². The molecule has 1 N–H and O–H groups in total. The van der Waals surface area contributed by atoms with Crippen LogP contribution in [-0.4, -0.2) is 18.6 Å².